The lowest BCUT2D eigenvalue weighted by atomic mass is 10.0. The number of amides is 1. The summed E-state index contributed by atoms with van der Waals surface area (Å²) >= 11 is 0. The van der Waals surface area contributed by atoms with Gasteiger partial charge in [-0.3, -0.25) is 4.79 Å². The summed E-state index contributed by atoms with van der Waals surface area (Å²) < 4.78 is 6.01. The molecule has 0 unspecified atom stereocenters. The van der Waals surface area contributed by atoms with Gasteiger partial charge < -0.3 is 15.2 Å². The highest BCUT2D eigenvalue weighted by molar-refractivity contribution is 6.11. The van der Waals surface area contributed by atoms with E-state index in [0.717, 1.165) is 10.9 Å². The zero-order valence-electron chi connectivity index (χ0n) is 15.1. The monoisotopic (exact) mass is 369 g/mol. The van der Waals surface area contributed by atoms with Gasteiger partial charge in [0.2, 0.25) is 0 Å². The van der Waals surface area contributed by atoms with E-state index in [-0.39, 0.29) is 17.2 Å². The van der Waals surface area contributed by atoms with Crippen molar-refractivity contribution in [1.82, 2.24) is 0 Å². The fourth-order valence-corrected chi connectivity index (χ4v) is 3.07. The highest BCUT2D eigenvalue weighted by atomic mass is 16.5. The number of hydrogen-bond donors (Lipinski definition) is 2. The maximum absolute atomic E-state index is 12.8. The molecule has 0 aromatic heterocycles. The number of ether oxygens (including phenoxy) is 1. The molecule has 0 heterocycles. The number of phenols is 1. The quantitative estimate of drug-likeness (QED) is 0.497. The topological polar surface area (TPSA) is 58.6 Å². The van der Waals surface area contributed by atoms with Crippen LogP contribution >= 0.6 is 0 Å². The molecular weight excluding hydrogens is 350 g/mol. The van der Waals surface area contributed by atoms with Gasteiger partial charge in [0.15, 0.2) is 0 Å². The number of nitrogens with one attached hydrogen (secondary N) is 1. The van der Waals surface area contributed by atoms with Crippen LogP contribution in [0, 0.1) is 0 Å². The van der Waals surface area contributed by atoms with Crippen molar-refractivity contribution in [2.24, 2.45) is 0 Å². The van der Waals surface area contributed by atoms with Crippen molar-refractivity contribution >= 4 is 22.4 Å². The lowest BCUT2D eigenvalue weighted by Gasteiger charge is -2.14. The average Bonchev–Trinajstić information content (AvgIpc) is 2.75. The van der Waals surface area contributed by atoms with Crippen molar-refractivity contribution in [3.63, 3.8) is 0 Å². The first kappa shape index (κ1) is 17.6. The minimum absolute atomic E-state index is 0.0592. The smallest absolute Gasteiger partial charge is 0.259 e. The average molecular weight is 369 g/mol. The van der Waals surface area contributed by atoms with Gasteiger partial charge in [0.25, 0.3) is 5.91 Å². The summed E-state index contributed by atoms with van der Waals surface area (Å²) in [5, 5.41) is 14.8. The van der Waals surface area contributed by atoms with Gasteiger partial charge >= 0.3 is 0 Å². The zero-order valence-corrected chi connectivity index (χ0v) is 15.1. The van der Waals surface area contributed by atoms with Gasteiger partial charge in [-0.15, -0.1) is 0 Å². The number of carbonyl (C=O) groups excluding carboxylic acids is 1. The molecule has 0 radical (unpaired) electrons. The Labute approximate surface area is 163 Å². The molecule has 138 valence electrons. The van der Waals surface area contributed by atoms with E-state index in [4.69, 9.17) is 4.74 Å². The van der Waals surface area contributed by atoms with Gasteiger partial charge in [-0.25, -0.2) is 0 Å². The molecule has 0 bridgehead atoms. The third kappa shape index (κ3) is 3.67. The van der Waals surface area contributed by atoms with Crippen molar-refractivity contribution < 1.29 is 14.6 Å². The van der Waals surface area contributed by atoms with Crippen LogP contribution in [-0.2, 0) is 6.61 Å². The lowest BCUT2D eigenvalue weighted by molar-refractivity contribution is 0.102. The molecule has 1 amide bonds. The molecule has 4 heteroatoms. The van der Waals surface area contributed by atoms with Gasteiger partial charge in [0.05, 0.1) is 5.56 Å². The molecule has 0 aliphatic rings. The number of carbonyl (C=O) groups is 1. The molecule has 4 aromatic carbocycles. The van der Waals surface area contributed by atoms with Gasteiger partial charge in [-0.1, -0.05) is 72.8 Å². The third-order valence-electron chi connectivity index (χ3n) is 4.49. The molecular formula is C24H19NO3. The first-order valence-corrected chi connectivity index (χ1v) is 9.00. The molecule has 0 aliphatic heterocycles. The maximum atomic E-state index is 12.8. The lowest BCUT2D eigenvalue weighted by Crippen LogP contribution is -2.12. The fraction of sp³-hybridized carbons (Fsp3) is 0.0417. The van der Waals surface area contributed by atoms with E-state index in [1.54, 1.807) is 24.3 Å². The zero-order chi connectivity index (χ0) is 19.3. The molecule has 0 aliphatic carbocycles. The van der Waals surface area contributed by atoms with Crippen molar-refractivity contribution in [3.8, 4) is 11.5 Å². The summed E-state index contributed by atoms with van der Waals surface area (Å²) in [4.78, 5) is 12.8. The maximum Gasteiger partial charge on any atom is 0.259 e. The molecule has 4 rings (SSSR count). The number of rotatable bonds is 5. The highest BCUT2D eigenvalue weighted by Gasteiger charge is 2.18. The first-order chi connectivity index (χ1) is 13.7. The Bertz CT molecular complexity index is 1110. The van der Waals surface area contributed by atoms with Crippen molar-refractivity contribution in [1.29, 1.82) is 0 Å². The molecule has 0 fully saturated rings. The summed E-state index contributed by atoms with van der Waals surface area (Å²) in [6, 6.07) is 27.9. The van der Waals surface area contributed by atoms with Crippen LogP contribution in [0.1, 0.15) is 15.9 Å². The van der Waals surface area contributed by atoms with Crippen LogP contribution in [0.2, 0.25) is 0 Å². The van der Waals surface area contributed by atoms with Crippen LogP contribution in [0.4, 0.5) is 5.69 Å². The minimum Gasteiger partial charge on any atom is -0.506 e. The summed E-state index contributed by atoms with van der Waals surface area (Å²) in [6.45, 7) is 0.370. The highest BCUT2D eigenvalue weighted by Crippen LogP contribution is 2.36. The van der Waals surface area contributed by atoms with Crippen molar-refractivity contribution in [2.45, 2.75) is 6.61 Å². The first-order valence-electron chi connectivity index (χ1n) is 9.00. The van der Waals surface area contributed by atoms with Crippen molar-refractivity contribution in [3.05, 3.63) is 102 Å². The van der Waals surface area contributed by atoms with E-state index in [2.05, 4.69) is 5.32 Å². The molecule has 2 N–H and O–H groups in total. The number of anilines is 1. The number of hydrogen-bond acceptors (Lipinski definition) is 3. The molecule has 28 heavy (non-hydrogen) atoms. The number of para-hydroxylation sites is 1. The number of benzene rings is 4. The van der Waals surface area contributed by atoms with Crippen LogP contribution in [0.5, 0.6) is 11.5 Å². The fourth-order valence-electron chi connectivity index (χ4n) is 3.07. The molecule has 0 spiro atoms. The largest absolute Gasteiger partial charge is 0.506 e. The second kappa shape index (κ2) is 7.84. The summed E-state index contributed by atoms with van der Waals surface area (Å²) in [6.07, 6.45) is 0. The molecule has 0 saturated carbocycles. The Morgan fingerprint density at radius 2 is 1.43 bits per heavy atom. The number of fused-ring (bicyclic) bond motifs is 1. The summed E-state index contributed by atoms with van der Waals surface area (Å²) in [5.74, 6) is 0.102. The normalized spacial score (nSPS) is 10.6. The van der Waals surface area contributed by atoms with E-state index in [1.165, 1.54) is 0 Å². The van der Waals surface area contributed by atoms with Crippen molar-refractivity contribution in [2.75, 3.05) is 5.32 Å². The SMILES string of the molecule is O=C(Nc1ccccc1)c1cc(OCc2ccccc2)c2ccccc2c1O. The van der Waals surface area contributed by atoms with Gasteiger partial charge in [-0.2, -0.15) is 0 Å². The second-order valence-electron chi connectivity index (χ2n) is 6.41. The predicted molar refractivity (Wildman–Crippen MR) is 111 cm³/mol. The Hall–Kier alpha value is -3.79. The number of phenolic OH excluding ortho intramolecular Hbond substituents is 1. The van der Waals surface area contributed by atoms with E-state index in [0.29, 0.717) is 23.4 Å². The Balaban J connectivity index is 1.70. The van der Waals surface area contributed by atoms with Crippen LogP contribution in [0.3, 0.4) is 0 Å². The van der Waals surface area contributed by atoms with Gasteiger partial charge in [0, 0.05) is 16.5 Å². The van der Waals surface area contributed by atoms with Gasteiger partial charge in [-0.05, 0) is 23.8 Å². The van der Waals surface area contributed by atoms with Crippen LogP contribution in [-0.4, -0.2) is 11.0 Å². The Kier molecular flexibility index (Phi) is 4.93. The summed E-state index contributed by atoms with van der Waals surface area (Å²) in [7, 11) is 0. The minimum atomic E-state index is -0.390. The van der Waals surface area contributed by atoms with E-state index in [9.17, 15) is 9.90 Å². The molecule has 0 atom stereocenters. The van der Waals surface area contributed by atoms with Gasteiger partial charge in [0.1, 0.15) is 18.1 Å². The van der Waals surface area contributed by atoms with Crippen LogP contribution < -0.4 is 10.1 Å². The molecule has 0 saturated heterocycles. The molecule has 4 nitrogen and oxygen atoms in total. The standard InChI is InChI=1S/C24H19NO3/c26-23-20-14-8-7-13-19(20)22(28-16-17-9-3-1-4-10-17)15-21(23)24(27)25-18-11-5-2-6-12-18/h1-15,26H,16H2,(H,25,27). The van der Waals surface area contributed by atoms with Crippen LogP contribution in [0.25, 0.3) is 10.8 Å². The Morgan fingerprint density at radius 3 is 2.14 bits per heavy atom. The third-order valence-corrected chi connectivity index (χ3v) is 4.49. The number of aromatic hydroxyl groups is 1. The van der Waals surface area contributed by atoms with Crippen LogP contribution in [0.15, 0.2) is 91.0 Å². The van der Waals surface area contributed by atoms with E-state index in [1.807, 2.05) is 66.7 Å². The molecule has 4 aromatic rings. The summed E-state index contributed by atoms with van der Waals surface area (Å²) in [5.41, 5.74) is 1.85. The second-order valence-corrected chi connectivity index (χ2v) is 6.41. The van der Waals surface area contributed by atoms with E-state index < -0.39 is 0 Å². The Morgan fingerprint density at radius 1 is 0.821 bits per heavy atom. The predicted octanol–water partition coefficient (Wildman–Crippen LogP) is 5.38. The van der Waals surface area contributed by atoms with E-state index >= 15 is 0 Å².